The molecule has 34 heavy (non-hydrogen) atoms. The number of furan rings is 1. The van der Waals surface area contributed by atoms with Crippen molar-refractivity contribution >= 4 is 17.6 Å². The zero-order chi connectivity index (χ0) is 23.3. The van der Waals surface area contributed by atoms with Crippen LogP contribution in [0.3, 0.4) is 0 Å². The largest absolute Gasteiger partial charge is 0.468 e. The Hall–Kier alpha value is -2.15. The quantitative estimate of drug-likeness (QED) is 0.680. The second-order valence-electron chi connectivity index (χ2n) is 11.3. The highest BCUT2D eigenvalue weighted by Gasteiger charge is 2.59. The Labute approximate surface area is 201 Å². The Morgan fingerprint density at radius 3 is 2.35 bits per heavy atom. The molecule has 1 aromatic heterocycles. The Morgan fingerprint density at radius 2 is 1.62 bits per heavy atom. The first-order valence-electron chi connectivity index (χ1n) is 13.5. The molecule has 2 amide bonds. The van der Waals surface area contributed by atoms with Crippen LogP contribution in [-0.2, 0) is 11.2 Å². The fraction of sp³-hybridized carbons (Fsp3) is 0.741. The molecule has 0 N–H and O–H groups in total. The van der Waals surface area contributed by atoms with Crippen molar-refractivity contribution in [2.75, 3.05) is 39.3 Å². The number of ketones is 1. The molecule has 2 aliphatic heterocycles. The van der Waals surface area contributed by atoms with Gasteiger partial charge in [0.05, 0.1) is 11.1 Å². The maximum absolute atomic E-state index is 13.3. The van der Waals surface area contributed by atoms with E-state index in [1.54, 1.807) is 0 Å². The van der Waals surface area contributed by atoms with E-state index in [2.05, 4.69) is 9.80 Å². The summed E-state index contributed by atoms with van der Waals surface area (Å²) in [6.07, 6.45) is 13.0. The third kappa shape index (κ3) is 3.90. The number of likely N-dealkylation sites (tertiary alicyclic amines) is 1. The number of amides is 2. The number of nitrogens with zero attached hydrogens (tertiary/aromatic N) is 3. The maximum Gasteiger partial charge on any atom is 0.257 e. The number of carbonyl (C=O) groups is 3. The van der Waals surface area contributed by atoms with Crippen LogP contribution in [0.5, 0.6) is 0 Å². The molecule has 2 saturated heterocycles. The molecular formula is C27H37N3O4. The second-order valence-corrected chi connectivity index (χ2v) is 11.3. The number of fused-ring (bicyclic) bond motifs is 1. The lowest BCUT2D eigenvalue weighted by molar-refractivity contribution is -0.136. The van der Waals surface area contributed by atoms with Crippen molar-refractivity contribution in [2.24, 2.45) is 11.3 Å². The minimum absolute atomic E-state index is 0.0308. The molecule has 0 bridgehead atoms. The average Bonchev–Trinajstić information content (AvgIpc) is 3.39. The van der Waals surface area contributed by atoms with E-state index < -0.39 is 0 Å². The smallest absolute Gasteiger partial charge is 0.257 e. The molecule has 3 heterocycles. The number of carbonyl (C=O) groups excluding carboxylic acids is 3. The van der Waals surface area contributed by atoms with E-state index in [9.17, 15) is 14.4 Å². The van der Waals surface area contributed by atoms with Crippen molar-refractivity contribution in [2.45, 2.75) is 76.7 Å². The minimum atomic E-state index is -0.0857. The van der Waals surface area contributed by atoms with Crippen LogP contribution in [0.25, 0.3) is 0 Å². The van der Waals surface area contributed by atoms with Crippen LogP contribution in [0.1, 0.15) is 90.7 Å². The molecule has 1 spiro atoms. The van der Waals surface area contributed by atoms with Crippen LogP contribution >= 0.6 is 0 Å². The molecule has 0 radical (unpaired) electrons. The van der Waals surface area contributed by atoms with Crippen LogP contribution in [0.15, 0.2) is 10.7 Å². The van der Waals surface area contributed by atoms with E-state index in [0.717, 1.165) is 64.3 Å². The van der Waals surface area contributed by atoms with Gasteiger partial charge in [0.2, 0.25) is 5.91 Å². The van der Waals surface area contributed by atoms with Gasteiger partial charge in [-0.1, -0.05) is 19.3 Å². The zero-order valence-electron chi connectivity index (χ0n) is 20.2. The summed E-state index contributed by atoms with van der Waals surface area (Å²) in [7, 11) is 0. The fourth-order valence-corrected chi connectivity index (χ4v) is 7.13. The van der Waals surface area contributed by atoms with Crippen molar-refractivity contribution in [3.8, 4) is 0 Å². The van der Waals surface area contributed by atoms with Gasteiger partial charge in [0.15, 0.2) is 5.78 Å². The van der Waals surface area contributed by atoms with Crippen LogP contribution in [-0.4, -0.2) is 77.6 Å². The highest BCUT2D eigenvalue weighted by atomic mass is 16.3. The highest BCUT2D eigenvalue weighted by Crippen LogP contribution is 2.60. The van der Waals surface area contributed by atoms with Gasteiger partial charge < -0.3 is 14.2 Å². The first-order valence-corrected chi connectivity index (χ1v) is 13.5. The lowest BCUT2D eigenvalue weighted by Gasteiger charge is -2.41. The van der Waals surface area contributed by atoms with Crippen molar-refractivity contribution < 1.29 is 18.8 Å². The van der Waals surface area contributed by atoms with E-state index >= 15 is 0 Å². The fourth-order valence-electron chi connectivity index (χ4n) is 7.13. The van der Waals surface area contributed by atoms with Gasteiger partial charge in [-0.2, -0.15) is 0 Å². The molecule has 6 rings (SSSR count). The van der Waals surface area contributed by atoms with Gasteiger partial charge in [0.1, 0.15) is 12.0 Å². The van der Waals surface area contributed by atoms with Crippen LogP contribution in [0.4, 0.5) is 0 Å². The molecule has 5 aliphatic rings. The predicted octanol–water partition coefficient (Wildman–Crippen LogP) is 3.52. The summed E-state index contributed by atoms with van der Waals surface area (Å²) in [5, 5.41) is 0. The van der Waals surface area contributed by atoms with E-state index in [1.807, 2.05) is 4.90 Å². The summed E-state index contributed by atoms with van der Waals surface area (Å²) < 4.78 is 5.56. The van der Waals surface area contributed by atoms with Gasteiger partial charge in [0, 0.05) is 64.1 Å². The third-order valence-corrected chi connectivity index (χ3v) is 9.44. The molecule has 1 aromatic rings. The van der Waals surface area contributed by atoms with E-state index in [-0.39, 0.29) is 23.0 Å². The lowest BCUT2D eigenvalue weighted by atomic mass is 9.89. The van der Waals surface area contributed by atoms with Gasteiger partial charge in [0.25, 0.3) is 5.91 Å². The maximum atomic E-state index is 13.3. The van der Waals surface area contributed by atoms with E-state index in [1.165, 1.54) is 38.4 Å². The normalized spacial score (nSPS) is 27.6. The number of hydrogen-bond donors (Lipinski definition) is 0. The summed E-state index contributed by atoms with van der Waals surface area (Å²) >= 11 is 0. The van der Waals surface area contributed by atoms with Gasteiger partial charge in [-0.15, -0.1) is 0 Å². The first kappa shape index (κ1) is 22.3. The molecule has 4 fully saturated rings. The molecule has 184 valence electrons. The monoisotopic (exact) mass is 467 g/mol. The summed E-state index contributed by atoms with van der Waals surface area (Å²) in [5.74, 6) is 1.09. The Balaban J connectivity index is 1.02. The number of hydrogen-bond acceptors (Lipinski definition) is 5. The number of piperidine rings is 1. The van der Waals surface area contributed by atoms with Gasteiger partial charge in [-0.25, -0.2) is 0 Å². The zero-order valence-corrected chi connectivity index (χ0v) is 20.2. The molecule has 0 aromatic carbocycles. The van der Waals surface area contributed by atoms with Crippen molar-refractivity contribution in [1.82, 2.24) is 14.7 Å². The summed E-state index contributed by atoms with van der Waals surface area (Å²) in [4.78, 5) is 45.4. The molecular weight excluding hydrogens is 430 g/mol. The van der Waals surface area contributed by atoms with Crippen molar-refractivity contribution in [1.29, 1.82) is 0 Å². The highest BCUT2D eigenvalue weighted by molar-refractivity contribution is 6.09. The number of Topliss-reactive ketones (excluding diaryl/α,β-unsaturated/α-hetero) is 1. The van der Waals surface area contributed by atoms with Crippen LogP contribution < -0.4 is 0 Å². The SMILES string of the molecule is O=C1CCCc2occ(C(=O)N3CCC4(CC3)CC4C(=O)N3CCN(C4CCCCC4)CC3)c21. The van der Waals surface area contributed by atoms with Crippen molar-refractivity contribution in [3.63, 3.8) is 0 Å². The molecule has 7 heteroatoms. The summed E-state index contributed by atoms with van der Waals surface area (Å²) in [6, 6.07) is 0.733. The van der Waals surface area contributed by atoms with Crippen LogP contribution in [0, 0.1) is 11.3 Å². The van der Waals surface area contributed by atoms with Gasteiger partial charge >= 0.3 is 0 Å². The predicted molar refractivity (Wildman–Crippen MR) is 127 cm³/mol. The third-order valence-electron chi connectivity index (χ3n) is 9.44. The molecule has 2 saturated carbocycles. The average molecular weight is 468 g/mol. The molecule has 7 nitrogen and oxygen atoms in total. The minimum Gasteiger partial charge on any atom is -0.468 e. The second kappa shape index (κ2) is 8.81. The lowest BCUT2D eigenvalue weighted by Crippen LogP contribution is -2.53. The number of piperazine rings is 1. The molecule has 1 atom stereocenters. The van der Waals surface area contributed by atoms with Crippen LogP contribution in [0.2, 0.25) is 0 Å². The van der Waals surface area contributed by atoms with Gasteiger partial charge in [-0.3, -0.25) is 19.3 Å². The topological polar surface area (TPSA) is 74.1 Å². The molecule has 3 aliphatic carbocycles. The Kier molecular flexibility index (Phi) is 5.79. The van der Waals surface area contributed by atoms with Gasteiger partial charge in [-0.05, 0) is 43.9 Å². The van der Waals surface area contributed by atoms with Crippen molar-refractivity contribution in [3.05, 3.63) is 23.2 Å². The summed E-state index contributed by atoms with van der Waals surface area (Å²) in [6.45, 7) is 5.09. The number of rotatable bonds is 3. The summed E-state index contributed by atoms with van der Waals surface area (Å²) in [5.41, 5.74) is 1.04. The Bertz CT molecular complexity index is 963. The van der Waals surface area contributed by atoms with E-state index in [4.69, 9.17) is 4.42 Å². The standard InChI is InChI=1S/C27H37N3O4/c31-22-7-4-8-23-24(22)20(18-34-23)25(32)29-11-9-27(10-12-29)17-21(27)26(33)30-15-13-28(14-16-30)19-5-2-1-3-6-19/h18-19,21H,1-17H2. The first-order chi connectivity index (χ1) is 16.6. The Morgan fingerprint density at radius 1 is 0.882 bits per heavy atom. The van der Waals surface area contributed by atoms with E-state index in [0.29, 0.717) is 42.3 Å². The molecule has 1 unspecified atom stereocenters. The number of aryl methyl sites for hydroxylation is 1.